The molecule has 2 amide bonds. The topological polar surface area (TPSA) is 41.6 Å². The third-order valence-electron chi connectivity index (χ3n) is 3.57. The Morgan fingerprint density at radius 3 is 2.68 bits per heavy atom. The molecular weight excluding hydrogens is 240 g/mol. The number of nitrogens with zero attached hydrogens (tertiary/aromatic N) is 1. The molecule has 1 aliphatic heterocycles. The van der Waals surface area contributed by atoms with Crippen LogP contribution in [0.25, 0.3) is 0 Å². The zero-order valence-electron chi connectivity index (χ0n) is 11.7. The molecule has 1 heterocycles. The molecule has 104 valence electrons. The zero-order valence-corrected chi connectivity index (χ0v) is 11.7. The number of hydrogen-bond donors (Lipinski definition) is 1. The van der Waals surface area contributed by atoms with Crippen molar-refractivity contribution in [3.05, 3.63) is 35.4 Å². The second-order valence-corrected chi connectivity index (χ2v) is 4.76. The lowest BCUT2D eigenvalue weighted by atomic mass is 9.99. The Labute approximate surface area is 114 Å². The molecule has 4 nitrogen and oxygen atoms in total. The van der Waals surface area contributed by atoms with Crippen molar-refractivity contribution in [3.8, 4) is 0 Å². The van der Waals surface area contributed by atoms with Gasteiger partial charge in [0.25, 0.3) is 0 Å². The first-order valence-corrected chi connectivity index (χ1v) is 6.95. The number of benzene rings is 1. The summed E-state index contributed by atoms with van der Waals surface area (Å²) in [6.45, 7) is 6.64. The molecule has 0 aromatic heterocycles. The van der Waals surface area contributed by atoms with Crippen molar-refractivity contribution in [2.24, 2.45) is 0 Å². The predicted molar refractivity (Wildman–Crippen MR) is 75.0 cm³/mol. The number of carbonyl (C=O) groups excluding carboxylic acids is 1. The van der Waals surface area contributed by atoms with Gasteiger partial charge in [0, 0.05) is 26.1 Å². The average Bonchev–Trinajstić information content (AvgIpc) is 2.46. The molecule has 1 unspecified atom stereocenters. The number of rotatable bonds is 4. The molecule has 0 aliphatic carbocycles. The van der Waals surface area contributed by atoms with E-state index in [4.69, 9.17) is 4.74 Å². The molecule has 0 saturated carbocycles. The summed E-state index contributed by atoms with van der Waals surface area (Å²) in [6, 6.07) is 8.31. The molecule has 4 heteroatoms. The van der Waals surface area contributed by atoms with Gasteiger partial charge in [-0.3, -0.25) is 0 Å². The summed E-state index contributed by atoms with van der Waals surface area (Å²) in [5, 5.41) is 2.95. The van der Waals surface area contributed by atoms with Gasteiger partial charge in [0.15, 0.2) is 0 Å². The summed E-state index contributed by atoms with van der Waals surface area (Å²) >= 11 is 0. The summed E-state index contributed by atoms with van der Waals surface area (Å²) in [7, 11) is 0. The molecule has 0 radical (unpaired) electrons. The van der Waals surface area contributed by atoms with Crippen LogP contribution < -0.4 is 5.32 Å². The Bertz CT molecular complexity index is 430. The second kappa shape index (κ2) is 6.57. The number of fused-ring (bicyclic) bond motifs is 1. The summed E-state index contributed by atoms with van der Waals surface area (Å²) in [6.07, 6.45) is 0.948. The highest BCUT2D eigenvalue weighted by Gasteiger charge is 2.20. The van der Waals surface area contributed by atoms with E-state index < -0.39 is 0 Å². The minimum Gasteiger partial charge on any atom is -0.371 e. The standard InChI is InChI=1S/C15H22N2O2/c1-3-17(4-2)15(18)16-10-14-9-12-7-5-6-8-13(12)11-19-14/h5-8,14H,3-4,9-11H2,1-2H3,(H,16,18). The van der Waals surface area contributed by atoms with Gasteiger partial charge >= 0.3 is 6.03 Å². The molecule has 0 fully saturated rings. The predicted octanol–water partition coefficient (Wildman–Crippen LogP) is 2.18. The highest BCUT2D eigenvalue weighted by Crippen LogP contribution is 2.19. The van der Waals surface area contributed by atoms with Crippen LogP contribution in [0.3, 0.4) is 0 Å². The van der Waals surface area contributed by atoms with Crippen molar-refractivity contribution in [1.82, 2.24) is 10.2 Å². The minimum atomic E-state index is -0.00698. The lowest BCUT2D eigenvalue weighted by molar-refractivity contribution is 0.0298. The first kappa shape index (κ1) is 13.9. The van der Waals surface area contributed by atoms with Gasteiger partial charge in [0.2, 0.25) is 0 Å². The summed E-state index contributed by atoms with van der Waals surface area (Å²) in [4.78, 5) is 13.6. The Morgan fingerprint density at radius 2 is 2.00 bits per heavy atom. The van der Waals surface area contributed by atoms with Crippen LogP contribution in [0.2, 0.25) is 0 Å². The molecule has 2 rings (SSSR count). The minimum absolute atomic E-state index is 0.00698. The molecule has 0 spiro atoms. The number of amides is 2. The molecule has 1 aromatic rings. The maximum absolute atomic E-state index is 11.9. The van der Waals surface area contributed by atoms with Crippen LogP contribution in [0.1, 0.15) is 25.0 Å². The van der Waals surface area contributed by atoms with Crippen LogP contribution in [-0.2, 0) is 17.8 Å². The number of hydrogen-bond acceptors (Lipinski definition) is 2. The van der Waals surface area contributed by atoms with E-state index in [2.05, 4.69) is 23.5 Å². The van der Waals surface area contributed by atoms with Gasteiger partial charge in [0.1, 0.15) is 0 Å². The van der Waals surface area contributed by atoms with Gasteiger partial charge in [-0.1, -0.05) is 24.3 Å². The van der Waals surface area contributed by atoms with Crippen LogP contribution in [0.4, 0.5) is 4.79 Å². The molecule has 1 aliphatic rings. The molecule has 19 heavy (non-hydrogen) atoms. The Kier molecular flexibility index (Phi) is 4.80. The van der Waals surface area contributed by atoms with E-state index in [9.17, 15) is 4.79 Å². The number of nitrogens with one attached hydrogen (secondary N) is 1. The van der Waals surface area contributed by atoms with E-state index in [1.54, 1.807) is 4.90 Å². The Balaban J connectivity index is 1.84. The normalized spacial score (nSPS) is 17.7. The molecule has 1 aromatic carbocycles. The zero-order chi connectivity index (χ0) is 13.7. The van der Waals surface area contributed by atoms with Crippen molar-refractivity contribution >= 4 is 6.03 Å². The van der Waals surface area contributed by atoms with Crippen molar-refractivity contribution in [2.75, 3.05) is 19.6 Å². The number of urea groups is 1. The van der Waals surface area contributed by atoms with E-state index in [1.165, 1.54) is 11.1 Å². The van der Waals surface area contributed by atoms with E-state index in [0.717, 1.165) is 19.5 Å². The van der Waals surface area contributed by atoms with Crippen LogP contribution in [0.15, 0.2) is 24.3 Å². The van der Waals surface area contributed by atoms with Crippen LogP contribution >= 0.6 is 0 Å². The SMILES string of the molecule is CCN(CC)C(=O)NCC1Cc2ccccc2CO1. The van der Waals surface area contributed by atoms with Crippen LogP contribution in [-0.4, -0.2) is 36.7 Å². The lowest BCUT2D eigenvalue weighted by Crippen LogP contribution is -2.44. The van der Waals surface area contributed by atoms with Gasteiger partial charge in [-0.15, -0.1) is 0 Å². The van der Waals surface area contributed by atoms with Crippen molar-refractivity contribution in [2.45, 2.75) is 33.0 Å². The monoisotopic (exact) mass is 262 g/mol. The second-order valence-electron chi connectivity index (χ2n) is 4.76. The quantitative estimate of drug-likeness (QED) is 0.903. The van der Waals surface area contributed by atoms with E-state index in [1.807, 2.05) is 19.9 Å². The smallest absolute Gasteiger partial charge is 0.317 e. The molecule has 0 bridgehead atoms. The lowest BCUT2D eigenvalue weighted by Gasteiger charge is -2.27. The van der Waals surface area contributed by atoms with Crippen molar-refractivity contribution in [1.29, 1.82) is 0 Å². The maximum atomic E-state index is 11.9. The van der Waals surface area contributed by atoms with Crippen molar-refractivity contribution in [3.63, 3.8) is 0 Å². The number of ether oxygens (including phenoxy) is 1. The molecular formula is C15H22N2O2. The van der Waals surface area contributed by atoms with Crippen molar-refractivity contribution < 1.29 is 9.53 Å². The first-order chi connectivity index (χ1) is 9.24. The summed E-state index contributed by atoms with van der Waals surface area (Å²) < 4.78 is 5.77. The fourth-order valence-corrected chi connectivity index (χ4v) is 2.36. The summed E-state index contributed by atoms with van der Waals surface area (Å²) in [5.41, 5.74) is 2.59. The first-order valence-electron chi connectivity index (χ1n) is 6.95. The fourth-order valence-electron chi connectivity index (χ4n) is 2.36. The van der Waals surface area contributed by atoms with Gasteiger partial charge in [-0.25, -0.2) is 4.79 Å². The van der Waals surface area contributed by atoms with Gasteiger partial charge < -0.3 is 15.0 Å². The Hall–Kier alpha value is -1.55. The average molecular weight is 262 g/mol. The van der Waals surface area contributed by atoms with Gasteiger partial charge in [0.05, 0.1) is 12.7 Å². The molecule has 1 N–H and O–H groups in total. The summed E-state index contributed by atoms with van der Waals surface area (Å²) in [5.74, 6) is 0. The third kappa shape index (κ3) is 3.47. The largest absolute Gasteiger partial charge is 0.371 e. The van der Waals surface area contributed by atoms with E-state index in [0.29, 0.717) is 13.2 Å². The van der Waals surface area contributed by atoms with Crippen LogP contribution in [0.5, 0.6) is 0 Å². The molecule has 0 saturated heterocycles. The maximum Gasteiger partial charge on any atom is 0.317 e. The highest BCUT2D eigenvalue weighted by molar-refractivity contribution is 5.74. The third-order valence-corrected chi connectivity index (χ3v) is 3.57. The van der Waals surface area contributed by atoms with Gasteiger partial charge in [-0.2, -0.15) is 0 Å². The van der Waals surface area contributed by atoms with Crippen LogP contribution in [0, 0.1) is 0 Å². The highest BCUT2D eigenvalue weighted by atomic mass is 16.5. The molecule has 1 atom stereocenters. The van der Waals surface area contributed by atoms with Gasteiger partial charge in [-0.05, 0) is 25.0 Å². The fraction of sp³-hybridized carbons (Fsp3) is 0.533. The van der Waals surface area contributed by atoms with E-state index >= 15 is 0 Å². The van der Waals surface area contributed by atoms with E-state index in [-0.39, 0.29) is 12.1 Å². The Morgan fingerprint density at radius 1 is 1.32 bits per heavy atom. The number of carbonyl (C=O) groups is 1.